The largest absolute Gasteiger partial charge is 0.382 e. The van der Waals surface area contributed by atoms with E-state index < -0.39 is 24.9 Å². The van der Waals surface area contributed by atoms with E-state index in [-0.39, 0.29) is 29.3 Å². The first-order chi connectivity index (χ1) is 21.5. The van der Waals surface area contributed by atoms with Gasteiger partial charge in [-0.15, -0.1) is 0 Å². The summed E-state index contributed by atoms with van der Waals surface area (Å²) in [5.41, 5.74) is 4.09. The van der Waals surface area contributed by atoms with Crippen LogP contribution in [0.25, 0.3) is 0 Å². The second-order valence-electron chi connectivity index (χ2n) is 13.8. The standard InChI is InChI=1S/C37H45FN3O3P/c1-23-15-18-29(22-33(23)45(3,4)44)40-36(42)30-21-26-10-8-14-32(26)41(37(43)34-24(2)9-7-13-31(34)38)35(30)25-16-19-28(20-17-25)39-27-11-5-6-12-27/h7,9,13,15-20,22,26-27,30,32,35,39H,5-6,8,10-12,14,21H2,1-4H3,(H,40,42)/t26-,30+,32?,35?/m1/s1. The van der Waals surface area contributed by atoms with Crippen LogP contribution >= 0.6 is 7.14 Å². The normalized spacial score (nSPS) is 23.5. The van der Waals surface area contributed by atoms with Crippen molar-refractivity contribution < 1.29 is 18.5 Å². The van der Waals surface area contributed by atoms with Crippen molar-refractivity contribution in [3.63, 3.8) is 0 Å². The molecule has 2 amide bonds. The first-order valence-electron chi connectivity index (χ1n) is 16.4. The van der Waals surface area contributed by atoms with E-state index in [2.05, 4.69) is 10.6 Å². The molecule has 45 heavy (non-hydrogen) atoms. The highest BCUT2D eigenvalue weighted by atomic mass is 31.2. The lowest BCUT2D eigenvalue weighted by atomic mass is 9.76. The van der Waals surface area contributed by atoms with Crippen molar-refractivity contribution in [3.8, 4) is 0 Å². The van der Waals surface area contributed by atoms with Crippen LogP contribution in [0.5, 0.6) is 0 Å². The number of piperidine rings is 1. The van der Waals surface area contributed by atoms with Gasteiger partial charge in [0.05, 0.1) is 17.5 Å². The summed E-state index contributed by atoms with van der Waals surface area (Å²) in [4.78, 5) is 30.7. The zero-order valence-electron chi connectivity index (χ0n) is 26.8. The Morgan fingerprint density at radius 1 is 0.867 bits per heavy atom. The van der Waals surface area contributed by atoms with Crippen LogP contribution in [0.4, 0.5) is 15.8 Å². The van der Waals surface area contributed by atoms with Crippen LogP contribution in [0, 0.1) is 31.5 Å². The van der Waals surface area contributed by atoms with E-state index >= 15 is 4.39 Å². The Morgan fingerprint density at radius 2 is 1.58 bits per heavy atom. The molecule has 8 heteroatoms. The van der Waals surface area contributed by atoms with Gasteiger partial charge in [0.25, 0.3) is 5.91 Å². The first-order valence-corrected chi connectivity index (χ1v) is 19.0. The van der Waals surface area contributed by atoms with Crippen LogP contribution in [0.2, 0.25) is 0 Å². The highest BCUT2D eigenvalue weighted by Crippen LogP contribution is 2.49. The Kier molecular flexibility index (Phi) is 8.94. The predicted octanol–water partition coefficient (Wildman–Crippen LogP) is 8.06. The van der Waals surface area contributed by atoms with E-state index in [4.69, 9.17) is 0 Å². The lowest BCUT2D eigenvalue weighted by molar-refractivity contribution is -0.125. The van der Waals surface area contributed by atoms with Gasteiger partial charge in [-0.2, -0.15) is 0 Å². The molecule has 1 aliphatic heterocycles. The number of hydrogen-bond acceptors (Lipinski definition) is 4. The molecule has 6 rings (SSSR count). The van der Waals surface area contributed by atoms with E-state index in [0.717, 1.165) is 54.2 Å². The van der Waals surface area contributed by atoms with Gasteiger partial charge in [-0.3, -0.25) is 9.59 Å². The fraction of sp³-hybridized carbons (Fsp3) is 0.459. The minimum atomic E-state index is -2.56. The summed E-state index contributed by atoms with van der Waals surface area (Å²) >= 11 is 0. The molecule has 3 aliphatic rings. The van der Waals surface area contributed by atoms with Gasteiger partial charge in [0, 0.05) is 28.8 Å². The average Bonchev–Trinajstić information content (AvgIpc) is 3.69. The molecule has 3 aromatic rings. The van der Waals surface area contributed by atoms with Crippen LogP contribution in [-0.4, -0.2) is 42.1 Å². The summed E-state index contributed by atoms with van der Waals surface area (Å²) in [6.07, 6.45) is 8.15. The molecule has 0 radical (unpaired) electrons. The van der Waals surface area contributed by atoms with Crippen LogP contribution < -0.4 is 15.9 Å². The van der Waals surface area contributed by atoms with Gasteiger partial charge in [0.15, 0.2) is 0 Å². The van der Waals surface area contributed by atoms with Gasteiger partial charge in [0.2, 0.25) is 5.91 Å². The summed E-state index contributed by atoms with van der Waals surface area (Å²) in [6.45, 7) is 7.16. The summed E-state index contributed by atoms with van der Waals surface area (Å²) in [7, 11) is -2.56. The van der Waals surface area contributed by atoms with Crippen molar-refractivity contribution >= 4 is 35.6 Å². The minimum absolute atomic E-state index is 0.0705. The topological polar surface area (TPSA) is 78.5 Å². The minimum Gasteiger partial charge on any atom is -0.382 e. The molecule has 2 N–H and O–H groups in total. The zero-order valence-corrected chi connectivity index (χ0v) is 27.7. The molecular formula is C37H45FN3O3P. The van der Waals surface area contributed by atoms with Crippen molar-refractivity contribution in [3.05, 3.63) is 88.7 Å². The van der Waals surface area contributed by atoms with Crippen molar-refractivity contribution in [2.45, 2.75) is 83.3 Å². The third kappa shape index (κ3) is 6.47. The molecule has 0 spiro atoms. The van der Waals surface area contributed by atoms with Gasteiger partial charge in [-0.1, -0.05) is 49.6 Å². The number of carbonyl (C=O) groups is 2. The van der Waals surface area contributed by atoms with E-state index in [1.165, 1.54) is 18.9 Å². The van der Waals surface area contributed by atoms with Crippen LogP contribution in [-0.2, 0) is 9.36 Å². The Hall–Kier alpha value is -3.44. The lowest BCUT2D eigenvalue weighted by Crippen LogP contribution is -2.54. The number of carbonyl (C=O) groups excluding carboxylic acids is 2. The van der Waals surface area contributed by atoms with Crippen molar-refractivity contribution in [1.29, 1.82) is 0 Å². The maximum absolute atomic E-state index is 15.3. The Balaban J connectivity index is 1.40. The lowest BCUT2D eigenvalue weighted by Gasteiger charge is -2.48. The zero-order chi connectivity index (χ0) is 31.9. The van der Waals surface area contributed by atoms with E-state index in [1.54, 1.807) is 32.4 Å². The molecule has 6 nitrogen and oxygen atoms in total. The highest BCUT2D eigenvalue weighted by molar-refractivity contribution is 7.70. The summed E-state index contributed by atoms with van der Waals surface area (Å²) in [6, 6.07) is 18.3. The average molecular weight is 630 g/mol. The predicted molar refractivity (Wildman–Crippen MR) is 181 cm³/mol. The Labute approximate surface area is 266 Å². The number of halogens is 1. The number of hydrogen-bond donors (Lipinski definition) is 2. The SMILES string of the molecule is Cc1ccc(NC(=O)[C@H]2C[C@H]3CCCC3N(C(=O)c3c(C)cccc3F)C2c2ccc(NC3CCCC3)cc2)cc1P(C)(C)=O. The van der Waals surface area contributed by atoms with Crippen molar-refractivity contribution in [1.82, 2.24) is 4.90 Å². The number of amides is 2. The van der Waals surface area contributed by atoms with Crippen LogP contribution in [0.15, 0.2) is 60.7 Å². The second kappa shape index (κ2) is 12.7. The monoisotopic (exact) mass is 629 g/mol. The third-order valence-electron chi connectivity index (χ3n) is 10.3. The number of aryl methyl sites for hydroxylation is 2. The summed E-state index contributed by atoms with van der Waals surface area (Å²) in [5, 5.41) is 7.51. The Bertz CT molecular complexity index is 1610. The maximum atomic E-state index is 15.3. The quantitative estimate of drug-likeness (QED) is 0.259. The number of nitrogens with one attached hydrogen (secondary N) is 2. The molecular weight excluding hydrogens is 584 g/mol. The highest BCUT2D eigenvalue weighted by Gasteiger charge is 2.50. The van der Waals surface area contributed by atoms with Crippen molar-refractivity contribution in [2.24, 2.45) is 11.8 Å². The first kappa shape index (κ1) is 31.5. The molecule has 2 saturated carbocycles. The van der Waals surface area contributed by atoms with Gasteiger partial charge < -0.3 is 20.1 Å². The summed E-state index contributed by atoms with van der Waals surface area (Å²) < 4.78 is 28.3. The molecule has 2 unspecified atom stereocenters. The number of rotatable bonds is 7. The fourth-order valence-corrected chi connectivity index (χ4v) is 9.42. The molecule has 3 fully saturated rings. The molecule has 3 aromatic carbocycles. The molecule has 0 bridgehead atoms. The number of fused-ring (bicyclic) bond motifs is 1. The number of likely N-dealkylation sites (tertiary alicyclic amines) is 1. The molecule has 2 aliphatic carbocycles. The smallest absolute Gasteiger partial charge is 0.257 e. The van der Waals surface area contributed by atoms with E-state index in [1.807, 2.05) is 54.3 Å². The Morgan fingerprint density at radius 3 is 2.27 bits per heavy atom. The van der Waals surface area contributed by atoms with Gasteiger partial charge in [-0.25, -0.2) is 4.39 Å². The number of benzene rings is 3. The number of anilines is 2. The van der Waals surface area contributed by atoms with Gasteiger partial charge in [-0.05, 0) is 112 Å². The summed E-state index contributed by atoms with van der Waals surface area (Å²) in [5.74, 6) is -1.47. The molecule has 0 aromatic heterocycles. The molecule has 238 valence electrons. The maximum Gasteiger partial charge on any atom is 0.257 e. The molecule has 1 saturated heterocycles. The van der Waals surface area contributed by atoms with E-state index in [9.17, 15) is 14.2 Å². The van der Waals surface area contributed by atoms with Crippen LogP contribution in [0.1, 0.15) is 84.5 Å². The molecule has 1 heterocycles. The van der Waals surface area contributed by atoms with Gasteiger partial charge in [0.1, 0.15) is 13.0 Å². The number of nitrogens with zero attached hydrogens (tertiary/aromatic N) is 1. The van der Waals surface area contributed by atoms with Gasteiger partial charge >= 0.3 is 0 Å². The van der Waals surface area contributed by atoms with Crippen molar-refractivity contribution in [2.75, 3.05) is 24.0 Å². The fourth-order valence-electron chi connectivity index (χ4n) is 8.05. The molecule has 4 atom stereocenters. The van der Waals surface area contributed by atoms with E-state index in [0.29, 0.717) is 23.7 Å². The third-order valence-corrected chi connectivity index (χ3v) is 11.9. The van der Waals surface area contributed by atoms with Crippen LogP contribution in [0.3, 0.4) is 0 Å². The second-order valence-corrected chi connectivity index (χ2v) is 17.0.